The van der Waals surface area contributed by atoms with Crippen molar-refractivity contribution in [3.05, 3.63) is 53.6 Å². The molecule has 0 aliphatic carbocycles. The lowest BCUT2D eigenvalue weighted by molar-refractivity contribution is 0.0948. The van der Waals surface area contributed by atoms with Gasteiger partial charge in [-0.3, -0.25) is 4.79 Å². The highest BCUT2D eigenvalue weighted by atomic mass is 16.7. The lowest BCUT2D eigenvalue weighted by Crippen LogP contribution is -2.31. The minimum atomic E-state index is -0.0627. The Labute approximate surface area is 147 Å². The zero-order valence-electron chi connectivity index (χ0n) is 14.3. The van der Waals surface area contributed by atoms with Gasteiger partial charge in [0, 0.05) is 30.9 Å². The fourth-order valence-electron chi connectivity index (χ4n) is 3.44. The molecule has 1 atom stereocenters. The first-order chi connectivity index (χ1) is 12.2. The van der Waals surface area contributed by atoms with Gasteiger partial charge in [-0.2, -0.15) is 0 Å². The first-order valence-corrected chi connectivity index (χ1v) is 8.68. The maximum Gasteiger partial charge on any atom is 0.251 e. The molecule has 2 aliphatic rings. The van der Waals surface area contributed by atoms with E-state index in [9.17, 15) is 4.79 Å². The molecule has 0 saturated carbocycles. The topological polar surface area (TPSA) is 50.8 Å². The Bertz CT molecular complexity index is 790. The summed E-state index contributed by atoms with van der Waals surface area (Å²) < 4.78 is 10.6. The average Bonchev–Trinajstić information content (AvgIpc) is 3.28. The van der Waals surface area contributed by atoms with Crippen LogP contribution in [0, 0.1) is 12.8 Å². The van der Waals surface area contributed by atoms with Gasteiger partial charge in [0.15, 0.2) is 11.5 Å². The lowest BCUT2D eigenvalue weighted by atomic mass is 10.1. The summed E-state index contributed by atoms with van der Waals surface area (Å²) in [6.45, 7) is 5.04. The molecule has 1 unspecified atom stereocenters. The van der Waals surface area contributed by atoms with E-state index in [-0.39, 0.29) is 12.7 Å². The van der Waals surface area contributed by atoms with Crippen LogP contribution in [0.15, 0.2) is 42.5 Å². The summed E-state index contributed by atoms with van der Waals surface area (Å²) in [4.78, 5) is 14.8. The van der Waals surface area contributed by atoms with E-state index in [4.69, 9.17) is 9.47 Å². The second-order valence-electron chi connectivity index (χ2n) is 6.72. The van der Waals surface area contributed by atoms with Gasteiger partial charge in [-0.15, -0.1) is 0 Å². The fraction of sp³-hybridized carbons (Fsp3) is 0.350. The van der Waals surface area contributed by atoms with Crippen LogP contribution in [0.3, 0.4) is 0 Å². The Morgan fingerprint density at radius 1 is 1.20 bits per heavy atom. The van der Waals surface area contributed by atoms with Crippen molar-refractivity contribution in [3.63, 3.8) is 0 Å². The highest BCUT2D eigenvalue weighted by molar-refractivity contribution is 5.94. The smallest absolute Gasteiger partial charge is 0.251 e. The SMILES string of the molecule is Cc1cccc(N2CCC(CNC(=O)c3ccc4c(c3)OCO4)C2)c1. The van der Waals surface area contributed by atoms with E-state index in [0.29, 0.717) is 29.5 Å². The van der Waals surface area contributed by atoms with E-state index in [2.05, 4.69) is 41.4 Å². The molecule has 2 heterocycles. The molecule has 25 heavy (non-hydrogen) atoms. The van der Waals surface area contributed by atoms with E-state index in [1.807, 2.05) is 0 Å². The zero-order valence-corrected chi connectivity index (χ0v) is 14.3. The molecule has 2 aliphatic heterocycles. The van der Waals surface area contributed by atoms with E-state index >= 15 is 0 Å². The van der Waals surface area contributed by atoms with Crippen LogP contribution in [0.1, 0.15) is 22.3 Å². The number of amides is 1. The molecule has 0 spiro atoms. The Morgan fingerprint density at radius 2 is 2.08 bits per heavy atom. The molecule has 0 bridgehead atoms. The minimum absolute atomic E-state index is 0.0627. The summed E-state index contributed by atoms with van der Waals surface area (Å²) in [7, 11) is 0. The maximum absolute atomic E-state index is 12.4. The first-order valence-electron chi connectivity index (χ1n) is 8.68. The molecular weight excluding hydrogens is 316 g/mol. The molecule has 5 nitrogen and oxygen atoms in total. The molecular formula is C20H22N2O3. The summed E-state index contributed by atoms with van der Waals surface area (Å²) in [5.74, 6) is 1.74. The van der Waals surface area contributed by atoms with Gasteiger partial charge in [0.1, 0.15) is 0 Å². The van der Waals surface area contributed by atoms with Crippen LogP contribution in [-0.4, -0.2) is 32.3 Å². The number of hydrogen-bond acceptors (Lipinski definition) is 4. The molecule has 1 amide bonds. The molecule has 1 N–H and O–H groups in total. The standard InChI is InChI=1S/C20H22N2O3/c1-14-3-2-4-17(9-14)22-8-7-15(12-22)11-21-20(23)16-5-6-18-19(10-16)25-13-24-18/h2-6,9-10,15H,7-8,11-13H2,1H3,(H,21,23). The number of rotatable bonds is 4. The predicted octanol–water partition coefficient (Wildman–Crippen LogP) is 2.98. The number of benzene rings is 2. The van der Waals surface area contributed by atoms with Crippen LogP contribution in [0.2, 0.25) is 0 Å². The quantitative estimate of drug-likeness (QED) is 0.931. The van der Waals surface area contributed by atoms with Gasteiger partial charge in [0.2, 0.25) is 6.79 Å². The normalized spacial score (nSPS) is 18.4. The third-order valence-corrected chi connectivity index (χ3v) is 4.84. The van der Waals surface area contributed by atoms with Crippen LogP contribution in [0.4, 0.5) is 5.69 Å². The maximum atomic E-state index is 12.4. The molecule has 130 valence electrons. The van der Waals surface area contributed by atoms with Gasteiger partial charge in [-0.05, 0) is 55.2 Å². The van der Waals surface area contributed by atoms with Crippen LogP contribution < -0.4 is 19.7 Å². The van der Waals surface area contributed by atoms with Crippen LogP contribution in [0.25, 0.3) is 0 Å². The van der Waals surface area contributed by atoms with E-state index < -0.39 is 0 Å². The fourth-order valence-corrected chi connectivity index (χ4v) is 3.44. The molecule has 1 fully saturated rings. The van der Waals surface area contributed by atoms with Crippen molar-refractivity contribution < 1.29 is 14.3 Å². The molecule has 2 aromatic rings. The number of nitrogens with one attached hydrogen (secondary N) is 1. The minimum Gasteiger partial charge on any atom is -0.454 e. The number of carbonyl (C=O) groups excluding carboxylic acids is 1. The third kappa shape index (κ3) is 3.40. The second kappa shape index (κ2) is 6.67. The molecule has 4 rings (SSSR count). The summed E-state index contributed by atoms with van der Waals surface area (Å²) in [6, 6.07) is 13.9. The summed E-state index contributed by atoms with van der Waals surface area (Å²) in [6.07, 6.45) is 1.09. The largest absolute Gasteiger partial charge is 0.454 e. The van der Waals surface area contributed by atoms with Crippen molar-refractivity contribution in [1.82, 2.24) is 5.32 Å². The number of anilines is 1. The molecule has 1 saturated heterocycles. The number of ether oxygens (including phenoxy) is 2. The number of fused-ring (bicyclic) bond motifs is 1. The molecule has 0 radical (unpaired) electrons. The van der Waals surface area contributed by atoms with Gasteiger partial charge in [0.05, 0.1) is 0 Å². The van der Waals surface area contributed by atoms with Crippen molar-refractivity contribution in [3.8, 4) is 11.5 Å². The summed E-state index contributed by atoms with van der Waals surface area (Å²) >= 11 is 0. The second-order valence-corrected chi connectivity index (χ2v) is 6.72. The zero-order chi connectivity index (χ0) is 17.2. The summed E-state index contributed by atoms with van der Waals surface area (Å²) in [5.41, 5.74) is 3.15. The van der Waals surface area contributed by atoms with Gasteiger partial charge < -0.3 is 19.7 Å². The highest BCUT2D eigenvalue weighted by Crippen LogP contribution is 2.32. The highest BCUT2D eigenvalue weighted by Gasteiger charge is 2.23. The average molecular weight is 338 g/mol. The Hall–Kier alpha value is -2.69. The van der Waals surface area contributed by atoms with Crippen LogP contribution in [-0.2, 0) is 0 Å². The predicted molar refractivity (Wildman–Crippen MR) is 96.4 cm³/mol. The Balaban J connectivity index is 1.32. The number of carbonyl (C=O) groups is 1. The van der Waals surface area contributed by atoms with Crippen LogP contribution in [0.5, 0.6) is 11.5 Å². The van der Waals surface area contributed by atoms with E-state index in [1.54, 1.807) is 18.2 Å². The Kier molecular flexibility index (Phi) is 4.22. The monoisotopic (exact) mass is 338 g/mol. The third-order valence-electron chi connectivity index (χ3n) is 4.84. The van der Waals surface area contributed by atoms with Crippen molar-refractivity contribution >= 4 is 11.6 Å². The van der Waals surface area contributed by atoms with Crippen molar-refractivity contribution in [2.45, 2.75) is 13.3 Å². The molecule has 5 heteroatoms. The molecule has 0 aromatic heterocycles. The Morgan fingerprint density at radius 3 is 2.96 bits per heavy atom. The number of aryl methyl sites for hydroxylation is 1. The van der Waals surface area contributed by atoms with Crippen LogP contribution >= 0.6 is 0 Å². The van der Waals surface area contributed by atoms with Crippen molar-refractivity contribution in [2.75, 3.05) is 31.3 Å². The van der Waals surface area contributed by atoms with E-state index in [0.717, 1.165) is 19.5 Å². The lowest BCUT2D eigenvalue weighted by Gasteiger charge is -2.19. The van der Waals surface area contributed by atoms with Crippen molar-refractivity contribution in [2.24, 2.45) is 5.92 Å². The van der Waals surface area contributed by atoms with Gasteiger partial charge in [-0.25, -0.2) is 0 Å². The molecule has 2 aromatic carbocycles. The van der Waals surface area contributed by atoms with Gasteiger partial charge in [-0.1, -0.05) is 12.1 Å². The van der Waals surface area contributed by atoms with Crippen molar-refractivity contribution in [1.29, 1.82) is 0 Å². The van der Waals surface area contributed by atoms with E-state index in [1.165, 1.54) is 11.3 Å². The summed E-state index contributed by atoms with van der Waals surface area (Å²) in [5, 5.41) is 3.05. The number of hydrogen-bond donors (Lipinski definition) is 1. The van der Waals surface area contributed by atoms with Gasteiger partial charge in [0.25, 0.3) is 5.91 Å². The number of nitrogens with zero attached hydrogens (tertiary/aromatic N) is 1. The first kappa shape index (κ1) is 15.8. The van der Waals surface area contributed by atoms with Gasteiger partial charge >= 0.3 is 0 Å².